The van der Waals surface area contributed by atoms with Crippen LogP contribution in [-0.2, 0) is 6.54 Å². The lowest BCUT2D eigenvalue weighted by Gasteiger charge is -2.16. The van der Waals surface area contributed by atoms with Gasteiger partial charge in [-0.1, -0.05) is 13.0 Å². The molecule has 1 saturated carbocycles. The van der Waals surface area contributed by atoms with Crippen molar-refractivity contribution in [2.45, 2.75) is 38.8 Å². The molecule has 0 aliphatic heterocycles. The largest absolute Gasteiger partial charge is 0.478 e. The lowest BCUT2D eigenvalue weighted by atomic mass is 10.3. The molecule has 1 heterocycles. The van der Waals surface area contributed by atoms with Crippen molar-refractivity contribution >= 4 is 29.9 Å². The number of halogens is 1. The van der Waals surface area contributed by atoms with Gasteiger partial charge in [0.05, 0.1) is 13.2 Å². The first kappa shape index (κ1) is 17.0. The van der Waals surface area contributed by atoms with Crippen molar-refractivity contribution in [1.82, 2.24) is 9.88 Å². The van der Waals surface area contributed by atoms with Crippen molar-refractivity contribution in [2.24, 2.45) is 10.7 Å². The predicted molar refractivity (Wildman–Crippen MR) is 91.5 cm³/mol. The third-order valence-electron chi connectivity index (χ3n) is 3.13. The van der Waals surface area contributed by atoms with Gasteiger partial charge in [0.15, 0.2) is 5.96 Å². The van der Waals surface area contributed by atoms with Gasteiger partial charge in [-0.25, -0.2) is 9.98 Å². The molecule has 0 atom stereocenters. The molecule has 2 rings (SSSR count). The van der Waals surface area contributed by atoms with Gasteiger partial charge in [0, 0.05) is 25.4 Å². The van der Waals surface area contributed by atoms with Crippen LogP contribution in [0.15, 0.2) is 23.3 Å². The van der Waals surface area contributed by atoms with E-state index in [1.54, 1.807) is 6.20 Å². The molecule has 0 amide bonds. The Bertz CT molecular complexity index is 431. The van der Waals surface area contributed by atoms with E-state index in [-0.39, 0.29) is 24.0 Å². The summed E-state index contributed by atoms with van der Waals surface area (Å²) in [6.45, 7) is 3.33. The number of aromatic nitrogens is 1. The van der Waals surface area contributed by atoms with Gasteiger partial charge in [-0.2, -0.15) is 0 Å². The molecule has 0 saturated heterocycles. The number of rotatable bonds is 6. The highest BCUT2D eigenvalue weighted by Gasteiger charge is 2.27. The molecule has 112 valence electrons. The second kappa shape index (κ2) is 8.28. The quantitative estimate of drug-likeness (QED) is 0.460. The standard InChI is InChI=1S/C14H22N4O.HI/c1-3-8-19-13-7-4-11(9-16-13)10-17-14(15)18(2)12-5-6-12;/h4,7,9,12H,3,5-6,8,10H2,1-2H3,(H2,15,17);1H. The number of guanidine groups is 1. The van der Waals surface area contributed by atoms with Gasteiger partial charge in [0.25, 0.3) is 0 Å². The number of ether oxygens (including phenoxy) is 1. The first-order valence-electron chi connectivity index (χ1n) is 6.81. The maximum atomic E-state index is 5.93. The average Bonchev–Trinajstić information content (AvgIpc) is 3.27. The highest BCUT2D eigenvalue weighted by molar-refractivity contribution is 14.0. The van der Waals surface area contributed by atoms with Crippen LogP contribution in [0.5, 0.6) is 5.88 Å². The van der Waals surface area contributed by atoms with Gasteiger partial charge in [-0.05, 0) is 24.8 Å². The summed E-state index contributed by atoms with van der Waals surface area (Å²) >= 11 is 0. The maximum absolute atomic E-state index is 5.93. The Morgan fingerprint density at radius 1 is 1.50 bits per heavy atom. The van der Waals surface area contributed by atoms with Crippen molar-refractivity contribution in [3.8, 4) is 5.88 Å². The van der Waals surface area contributed by atoms with Crippen LogP contribution in [0, 0.1) is 0 Å². The zero-order valence-electron chi connectivity index (χ0n) is 12.1. The number of pyridine rings is 1. The van der Waals surface area contributed by atoms with Crippen molar-refractivity contribution in [1.29, 1.82) is 0 Å². The number of hydrogen-bond donors (Lipinski definition) is 1. The van der Waals surface area contributed by atoms with E-state index in [0.29, 0.717) is 31.0 Å². The van der Waals surface area contributed by atoms with Crippen LogP contribution in [0.25, 0.3) is 0 Å². The number of nitrogens with two attached hydrogens (primary N) is 1. The maximum Gasteiger partial charge on any atom is 0.213 e. The SMILES string of the molecule is CCCOc1ccc(CN=C(N)N(C)C2CC2)cn1.I. The van der Waals surface area contributed by atoms with Crippen molar-refractivity contribution in [2.75, 3.05) is 13.7 Å². The highest BCUT2D eigenvalue weighted by Crippen LogP contribution is 2.24. The normalized spacial score (nSPS) is 14.6. The third kappa shape index (κ3) is 5.15. The van der Waals surface area contributed by atoms with Gasteiger partial charge < -0.3 is 15.4 Å². The minimum atomic E-state index is 0. The monoisotopic (exact) mass is 390 g/mol. The molecule has 6 heteroatoms. The summed E-state index contributed by atoms with van der Waals surface area (Å²) in [5, 5.41) is 0. The van der Waals surface area contributed by atoms with Crippen molar-refractivity contribution in [3.05, 3.63) is 23.9 Å². The summed E-state index contributed by atoms with van der Waals surface area (Å²) in [5.74, 6) is 1.27. The van der Waals surface area contributed by atoms with Crippen LogP contribution in [0.1, 0.15) is 31.7 Å². The molecule has 20 heavy (non-hydrogen) atoms. The zero-order chi connectivity index (χ0) is 13.7. The van der Waals surface area contributed by atoms with Gasteiger partial charge in [-0.15, -0.1) is 24.0 Å². The minimum absolute atomic E-state index is 0. The summed E-state index contributed by atoms with van der Waals surface area (Å²) in [7, 11) is 2.00. The summed E-state index contributed by atoms with van der Waals surface area (Å²) < 4.78 is 5.43. The Morgan fingerprint density at radius 3 is 2.80 bits per heavy atom. The lowest BCUT2D eigenvalue weighted by molar-refractivity contribution is 0.305. The molecule has 1 fully saturated rings. The summed E-state index contributed by atoms with van der Waals surface area (Å²) in [4.78, 5) is 10.7. The van der Waals surface area contributed by atoms with E-state index < -0.39 is 0 Å². The molecule has 5 nitrogen and oxygen atoms in total. The van der Waals surface area contributed by atoms with E-state index >= 15 is 0 Å². The Kier molecular flexibility index (Phi) is 7.04. The molecule has 1 aromatic heterocycles. The zero-order valence-corrected chi connectivity index (χ0v) is 14.4. The van der Waals surface area contributed by atoms with Gasteiger partial charge in [0.2, 0.25) is 5.88 Å². The molecule has 1 aliphatic rings. The highest BCUT2D eigenvalue weighted by atomic mass is 127. The number of nitrogens with zero attached hydrogens (tertiary/aromatic N) is 3. The Hall–Kier alpha value is -1.05. The molecule has 0 unspecified atom stereocenters. The van der Waals surface area contributed by atoms with E-state index in [4.69, 9.17) is 10.5 Å². The van der Waals surface area contributed by atoms with Crippen LogP contribution >= 0.6 is 24.0 Å². The molecule has 2 N–H and O–H groups in total. The Labute approximate surface area is 137 Å². The van der Waals surface area contributed by atoms with E-state index in [9.17, 15) is 0 Å². The van der Waals surface area contributed by atoms with Gasteiger partial charge in [0.1, 0.15) is 0 Å². The fourth-order valence-electron chi connectivity index (χ4n) is 1.73. The van der Waals surface area contributed by atoms with E-state index in [1.165, 1.54) is 12.8 Å². The van der Waals surface area contributed by atoms with Gasteiger partial charge in [-0.3, -0.25) is 0 Å². The summed E-state index contributed by atoms with van der Waals surface area (Å²) in [6.07, 6.45) is 5.21. The van der Waals surface area contributed by atoms with Crippen LogP contribution in [0.3, 0.4) is 0 Å². The first-order valence-corrected chi connectivity index (χ1v) is 6.81. The van der Waals surface area contributed by atoms with Crippen molar-refractivity contribution < 1.29 is 4.74 Å². The van der Waals surface area contributed by atoms with Crippen molar-refractivity contribution in [3.63, 3.8) is 0 Å². The predicted octanol–water partition coefficient (Wildman–Crippen LogP) is 2.40. The summed E-state index contributed by atoms with van der Waals surface area (Å²) in [6, 6.07) is 4.44. The van der Waals surface area contributed by atoms with Crippen LogP contribution in [-0.4, -0.2) is 35.5 Å². The minimum Gasteiger partial charge on any atom is -0.478 e. The Balaban J connectivity index is 0.00000200. The first-order chi connectivity index (χ1) is 9.20. The van der Waals surface area contributed by atoms with Gasteiger partial charge >= 0.3 is 0 Å². The Morgan fingerprint density at radius 2 is 2.25 bits per heavy atom. The lowest BCUT2D eigenvalue weighted by Crippen LogP contribution is -2.35. The van der Waals surface area contributed by atoms with E-state index in [2.05, 4.69) is 16.9 Å². The molecule has 0 bridgehead atoms. The van der Waals surface area contributed by atoms with E-state index in [1.807, 2.05) is 24.1 Å². The van der Waals surface area contributed by atoms with E-state index in [0.717, 1.165) is 12.0 Å². The third-order valence-corrected chi connectivity index (χ3v) is 3.13. The average molecular weight is 390 g/mol. The topological polar surface area (TPSA) is 63.7 Å². The number of aliphatic imine (C=N–C) groups is 1. The molecule has 0 aromatic carbocycles. The second-order valence-electron chi connectivity index (χ2n) is 4.87. The molecular weight excluding hydrogens is 367 g/mol. The molecule has 1 aliphatic carbocycles. The smallest absolute Gasteiger partial charge is 0.213 e. The van der Waals surface area contributed by atoms with Crippen LogP contribution in [0.2, 0.25) is 0 Å². The molecule has 0 radical (unpaired) electrons. The fraction of sp³-hybridized carbons (Fsp3) is 0.571. The summed E-state index contributed by atoms with van der Waals surface area (Å²) in [5.41, 5.74) is 6.97. The van der Waals surface area contributed by atoms with Crippen LogP contribution < -0.4 is 10.5 Å². The number of hydrogen-bond acceptors (Lipinski definition) is 3. The molecule has 0 spiro atoms. The molecular formula is C14H23IN4O. The fourth-order valence-corrected chi connectivity index (χ4v) is 1.73. The second-order valence-corrected chi connectivity index (χ2v) is 4.87. The van der Waals surface area contributed by atoms with Crippen LogP contribution in [0.4, 0.5) is 0 Å². The molecule has 1 aromatic rings.